The lowest BCUT2D eigenvalue weighted by Gasteiger charge is -2.27. The van der Waals surface area contributed by atoms with Crippen LogP contribution in [0.5, 0.6) is 0 Å². The number of halogens is 5. The molecule has 1 unspecified atom stereocenters. The second-order valence-corrected chi connectivity index (χ2v) is 4.93. The molecule has 0 amide bonds. The largest absolute Gasteiger partial charge is 0.339 e. The lowest BCUT2D eigenvalue weighted by Crippen LogP contribution is -2.35. The Morgan fingerprint density at radius 3 is 1.59 bits per heavy atom. The molecule has 0 aromatic heterocycles. The second-order valence-electron chi connectivity index (χ2n) is 4.93. The lowest BCUT2D eigenvalue weighted by atomic mass is 9.95. The molecule has 0 aliphatic rings. The summed E-state index contributed by atoms with van der Waals surface area (Å²) < 4.78 is 56.5. The quantitative estimate of drug-likeness (QED) is 0.782. The number of hydrogen-bond donors (Lipinski definition) is 1. The van der Waals surface area contributed by atoms with Gasteiger partial charge in [-0.1, -0.05) is 54.6 Å². The molecule has 2 aromatic carbocycles. The Balaban J connectivity index is 0.00000242. The minimum atomic E-state index is -4.30. The zero-order chi connectivity index (χ0) is 15.7. The first-order valence-corrected chi connectivity index (χ1v) is 6.44. The monoisotopic (exact) mass is 333 g/mol. The summed E-state index contributed by atoms with van der Waals surface area (Å²) in [5, 5.41) is 0. The van der Waals surface area contributed by atoms with Crippen LogP contribution in [-0.2, 0) is 11.8 Å². The molecule has 0 bridgehead atoms. The van der Waals surface area contributed by atoms with Gasteiger partial charge >= 0.3 is 11.8 Å². The molecule has 2 aromatic rings. The van der Waals surface area contributed by atoms with Gasteiger partial charge in [0.25, 0.3) is 0 Å². The fourth-order valence-corrected chi connectivity index (χ4v) is 2.01. The van der Waals surface area contributed by atoms with Crippen LogP contribution >= 0.6 is 12.4 Å². The maximum absolute atomic E-state index is 14.2. The van der Waals surface area contributed by atoms with Crippen molar-refractivity contribution in [1.29, 1.82) is 0 Å². The van der Waals surface area contributed by atoms with E-state index in [1.54, 1.807) is 6.92 Å². The molecular weight excluding hydrogens is 318 g/mol. The van der Waals surface area contributed by atoms with Crippen LogP contribution in [0.2, 0.25) is 0 Å². The van der Waals surface area contributed by atoms with Crippen LogP contribution in [-0.4, -0.2) is 0 Å². The number of alkyl halides is 4. The van der Waals surface area contributed by atoms with Crippen molar-refractivity contribution in [2.24, 2.45) is 5.73 Å². The van der Waals surface area contributed by atoms with Crippen molar-refractivity contribution in [2.75, 3.05) is 0 Å². The van der Waals surface area contributed by atoms with Gasteiger partial charge in [0, 0.05) is 17.2 Å². The van der Waals surface area contributed by atoms with Crippen molar-refractivity contribution in [1.82, 2.24) is 0 Å². The van der Waals surface area contributed by atoms with Crippen LogP contribution < -0.4 is 5.73 Å². The molecule has 0 radical (unpaired) electrons. The molecule has 1 nitrogen and oxygen atoms in total. The maximum atomic E-state index is 14.2. The van der Waals surface area contributed by atoms with Gasteiger partial charge < -0.3 is 5.73 Å². The minimum Gasteiger partial charge on any atom is -0.324 e. The van der Waals surface area contributed by atoms with Gasteiger partial charge in [0.1, 0.15) is 0 Å². The highest BCUT2D eigenvalue weighted by Gasteiger charge is 2.58. The first kappa shape index (κ1) is 18.5. The number of rotatable bonds is 4. The average molecular weight is 334 g/mol. The summed E-state index contributed by atoms with van der Waals surface area (Å²) in [4.78, 5) is 0. The van der Waals surface area contributed by atoms with Crippen LogP contribution in [0.3, 0.4) is 0 Å². The van der Waals surface area contributed by atoms with Crippen LogP contribution in [0.25, 0.3) is 0 Å². The van der Waals surface area contributed by atoms with Crippen LogP contribution in [0.1, 0.15) is 29.7 Å². The Bertz CT molecular complexity index is 597. The second kappa shape index (κ2) is 6.67. The summed E-state index contributed by atoms with van der Waals surface area (Å²) in [6.45, 7) is 1.69. The highest BCUT2D eigenvalue weighted by Crippen LogP contribution is 2.49. The fourth-order valence-electron chi connectivity index (χ4n) is 2.01. The van der Waals surface area contributed by atoms with E-state index in [0.717, 1.165) is 24.3 Å². The van der Waals surface area contributed by atoms with E-state index in [9.17, 15) is 17.6 Å². The maximum Gasteiger partial charge on any atom is 0.339 e. The number of nitrogens with two attached hydrogens (primary N) is 1. The Labute approximate surface area is 132 Å². The van der Waals surface area contributed by atoms with E-state index >= 15 is 0 Å². The fraction of sp³-hybridized carbons (Fsp3) is 0.250. The predicted octanol–water partition coefficient (Wildman–Crippen LogP) is 5.01. The summed E-state index contributed by atoms with van der Waals surface area (Å²) in [5.74, 6) is -8.59. The first-order chi connectivity index (χ1) is 9.76. The smallest absolute Gasteiger partial charge is 0.324 e. The van der Waals surface area contributed by atoms with Crippen molar-refractivity contribution >= 4 is 12.4 Å². The van der Waals surface area contributed by atoms with Gasteiger partial charge in [-0.15, -0.1) is 12.4 Å². The van der Waals surface area contributed by atoms with Crippen molar-refractivity contribution < 1.29 is 17.6 Å². The molecule has 0 aliphatic heterocycles. The zero-order valence-corrected chi connectivity index (χ0v) is 12.6. The average Bonchev–Trinajstić information content (AvgIpc) is 2.48. The highest BCUT2D eigenvalue weighted by atomic mass is 35.5. The van der Waals surface area contributed by atoms with E-state index in [-0.39, 0.29) is 18.4 Å². The minimum absolute atomic E-state index is 0. The Morgan fingerprint density at radius 1 is 0.773 bits per heavy atom. The molecule has 2 N–H and O–H groups in total. The predicted molar refractivity (Wildman–Crippen MR) is 80.5 cm³/mol. The molecule has 6 heteroatoms. The standard InChI is InChI=1S/C16H15F4N.ClH/c1-11(21)12-7-9-14(10-8-12)16(19,20)15(17,18)13-5-3-2-4-6-13;/h2-11H,21H2,1H3;1H. The first-order valence-electron chi connectivity index (χ1n) is 6.44. The lowest BCUT2D eigenvalue weighted by molar-refractivity contribution is -0.223. The number of hydrogen-bond acceptors (Lipinski definition) is 1. The summed E-state index contributed by atoms with van der Waals surface area (Å²) >= 11 is 0. The zero-order valence-electron chi connectivity index (χ0n) is 11.8. The molecule has 0 spiro atoms. The third-order valence-corrected chi connectivity index (χ3v) is 3.33. The van der Waals surface area contributed by atoms with E-state index in [4.69, 9.17) is 5.73 Å². The highest BCUT2D eigenvalue weighted by molar-refractivity contribution is 5.85. The third kappa shape index (κ3) is 3.25. The van der Waals surface area contributed by atoms with E-state index in [2.05, 4.69) is 0 Å². The third-order valence-electron chi connectivity index (χ3n) is 3.33. The molecule has 22 heavy (non-hydrogen) atoms. The molecule has 2 rings (SSSR count). The van der Waals surface area contributed by atoms with Crippen molar-refractivity contribution in [3.63, 3.8) is 0 Å². The molecule has 120 valence electrons. The van der Waals surface area contributed by atoms with Gasteiger partial charge in [-0.2, -0.15) is 17.6 Å². The molecule has 0 heterocycles. The summed E-state index contributed by atoms with van der Waals surface area (Å²) in [5.41, 5.74) is 4.77. The SMILES string of the molecule is CC(N)c1ccc(C(F)(F)C(F)(F)c2ccccc2)cc1.Cl. The molecule has 0 fully saturated rings. The van der Waals surface area contributed by atoms with Crippen molar-refractivity contribution in [3.8, 4) is 0 Å². The Morgan fingerprint density at radius 2 is 1.18 bits per heavy atom. The van der Waals surface area contributed by atoms with Gasteiger partial charge in [-0.3, -0.25) is 0 Å². The summed E-state index contributed by atoms with van der Waals surface area (Å²) in [6.07, 6.45) is 0. The molecule has 1 atom stereocenters. The molecule has 0 saturated carbocycles. The topological polar surface area (TPSA) is 26.0 Å². The normalized spacial score (nSPS) is 13.4. The Hall–Kier alpha value is -1.59. The molecule has 0 aliphatic carbocycles. The van der Waals surface area contributed by atoms with Gasteiger partial charge in [-0.05, 0) is 12.5 Å². The van der Waals surface area contributed by atoms with Crippen molar-refractivity contribution in [3.05, 3.63) is 71.3 Å². The Kier molecular flexibility index (Phi) is 5.59. The van der Waals surface area contributed by atoms with Crippen molar-refractivity contribution in [2.45, 2.75) is 24.8 Å². The van der Waals surface area contributed by atoms with Gasteiger partial charge in [-0.25, -0.2) is 0 Å². The summed E-state index contributed by atoms with van der Waals surface area (Å²) in [6, 6.07) is 10.4. The van der Waals surface area contributed by atoms with E-state index < -0.39 is 23.0 Å². The molecular formula is C16H16ClF4N. The van der Waals surface area contributed by atoms with E-state index in [0.29, 0.717) is 5.56 Å². The van der Waals surface area contributed by atoms with Crippen LogP contribution in [0.4, 0.5) is 17.6 Å². The molecule has 0 saturated heterocycles. The van der Waals surface area contributed by atoms with Crippen LogP contribution in [0.15, 0.2) is 54.6 Å². The van der Waals surface area contributed by atoms with Gasteiger partial charge in [0.15, 0.2) is 0 Å². The number of benzene rings is 2. The van der Waals surface area contributed by atoms with Gasteiger partial charge in [0.2, 0.25) is 0 Å². The van der Waals surface area contributed by atoms with E-state index in [1.165, 1.54) is 30.3 Å². The summed E-state index contributed by atoms with van der Waals surface area (Å²) in [7, 11) is 0. The van der Waals surface area contributed by atoms with Crippen LogP contribution in [0, 0.1) is 0 Å². The van der Waals surface area contributed by atoms with Gasteiger partial charge in [0.05, 0.1) is 0 Å². The van der Waals surface area contributed by atoms with E-state index in [1.807, 2.05) is 0 Å².